The number of hydrogen-bond donors (Lipinski definition) is 1. The van der Waals surface area contributed by atoms with E-state index in [4.69, 9.17) is 0 Å². The van der Waals surface area contributed by atoms with E-state index in [9.17, 15) is 14.7 Å². The second-order valence-corrected chi connectivity index (χ2v) is 6.46. The average Bonchev–Trinajstić information content (AvgIpc) is 3.31. The van der Waals surface area contributed by atoms with Crippen molar-refractivity contribution in [1.29, 1.82) is 0 Å². The normalized spacial score (nSPS) is 20.3. The second kappa shape index (κ2) is 5.78. The van der Waals surface area contributed by atoms with Gasteiger partial charge in [-0.1, -0.05) is 31.0 Å². The molecule has 0 spiro atoms. The Hall–Kier alpha value is -2.63. The molecule has 2 aromatic rings. The van der Waals surface area contributed by atoms with Crippen LogP contribution in [0.1, 0.15) is 53.7 Å². The third-order valence-corrected chi connectivity index (χ3v) is 5.07. The molecule has 0 bridgehead atoms. The highest BCUT2D eigenvalue weighted by Gasteiger charge is 2.38. The van der Waals surface area contributed by atoms with E-state index >= 15 is 0 Å². The van der Waals surface area contributed by atoms with E-state index in [-0.39, 0.29) is 18.5 Å². The van der Waals surface area contributed by atoms with Gasteiger partial charge in [-0.3, -0.25) is 14.3 Å². The van der Waals surface area contributed by atoms with Gasteiger partial charge in [0.15, 0.2) is 0 Å². The molecule has 1 aromatic carbocycles. The van der Waals surface area contributed by atoms with Crippen molar-refractivity contribution < 1.29 is 14.7 Å². The van der Waals surface area contributed by atoms with E-state index in [0.29, 0.717) is 16.9 Å². The number of anilines is 1. The highest BCUT2D eigenvalue weighted by Crippen LogP contribution is 2.37. The average molecular weight is 325 g/mol. The number of fused-ring (bicyclic) bond motifs is 1. The molecule has 1 N–H and O–H groups in total. The predicted molar refractivity (Wildman–Crippen MR) is 88.2 cm³/mol. The fourth-order valence-corrected chi connectivity index (χ4v) is 3.87. The van der Waals surface area contributed by atoms with Gasteiger partial charge in [0.1, 0.15) is 11.6 Å². The first-order valence-electron chi connectivity index (χ1n) is 8.34. The largest absolute Gasteiger partial charge is 0.481 e. The van der Waals surface area contributed by atoms with Crippen molar-refractivity contribution in [2.75, 3.05) is 11.4 Å². The van der Waals surface area contributed by atoms with Crippen molar-refractivity contribution in [3.05, 3.63) is 47.8 Å². The Morgan fingerprint density at radius 2 is 1.88 bits per heavy atom. The molecule has 124 valence electrons. The SMILES string of the molecule is O=C(O)C1CN(C(=O)c2ccnn2C2CCCC2)c2ccccc21. The summed E-state index contributed by atoms with van der Waals surface area (Å²) in [6.07, 6.45) is 6.05. The lowest BCUT2D eigenvalue weighted by atomic mass is 10.0. The molecule has 1 amide bonds. The third kappa shape index (κ3) is 2.29. The van der Waals surface area contributed by atoms with Crippen molar-refractivity contribution in [3.8, 4) is 0 Å². The summed E-state index contributed by atoms with van der Waals surface area (Å²) in [6, 6.07) is 9.25. The number of carbonyl (C=O) groups excluding carboxylic acids is 1. The smallest absolute Gasteiger partial charge is 0.312 e. The van der Waals surface area contributed by atoms with Gasteiger partial charge in [-0.15, -0.1) is 0 Å². The van der Waals surface area contributed by atoms with Gasteiger partial charge in [0.25, 0.3) is 5.91 Å². The lowest BCUT2D eigenvalue weighted by Crippen LogP contribution is -2.33. The highest BCUT2D eigenvalue weighted by atomic mass is 16.4. The van der Waals surface area contributed by atoms with E-state index in [2.05, 4.69) is 5.10 Å². The fourth-order valence-electron chi connectivity index (χ4n) is 3.87. The summed E-state index contributed by atoms with van der Waals surface area (Å²) in [4.78, 5) is 26.2. The van der Waals surface area contributed by atoms with E-state index in [1.807, 2.05) is 22.9 Å². The first kappa shape index (κ1) is 14.9. The molecule has 24 heavy (non-hydrogen) atoms. The summed E-state index contributed by atoms with van der Waals surface area (Å²) in [5.74, 6) is -1.74. The van der Waals surface area contributed by atoms with Gasteiger partial charge < -0.3 is 10.0 Å². The van der Waals surface area contributed by atoms with Crippen molar-refractivity contribution >= 4 is 17.6 Å². The lowest BCUT2D eigenvalue weighted by Gasteiger charge is -2.20. The van der Waals surface area contributed by atoms with E-state index in [1.54, 1.807) is 23.2 Å². The molecule has 1 fully saturated rings. The Morgan fingerprint density at radius 1 is 1.12 bits per heavy atom. The molecule has 1 aliphatic heterocycles. The molecule has 4 rings (SSSR count). The van der Waals surface area contributed by atoms with Crippen molar-refractivity contribution in [1.82, 2.24) is 9.78 Å². The maximum Gasteiger partial charge on any atom is 0.312 e. The van der Waals surface area contributed by atoms with Gasteiger partial charge in [-0.05, 0) is 30.5 Å². The van der Waals surface area contributed by atoms with Crippen molar-refractivity contribution in [2.45, 2.75) is 37.6 Å². The summed E-state index contributed by atoms with van der Waals surface area (Å²) >= 11 is 0. The lowest BCUT2D eigenvalue weighted by molar-refractivity contribution is -0.138. The van der Waals surface area contributed by atoms with Crippen LogP contribution in [-0.2, 0) is 4.79 Å². The highest BCUT2D eigenvalue weighted by molar-refractivity contribution is 6.07. The van der Waals surface area contributed by atoms with Crippen molar-refractivity contribution in [3.63, 3.8) is 0 Å². The van der Waals surface area contributed by atoms with Gasteiger partial charge in [-0.2, -0.15) is 5.10 Å². The Kier molecular flexibility index (Phi) is 3.59. The molecule has 6 heteroatoms. The summed E-state index contributed by atoms with van der Waals surface area (Å²) in [6.45, 7) is 0.170. The molecule has 2 heterocycles. The van der Waals surface area contributed by atoms with Crippen LogP contribution in [0.3, 0.4) is 0 Å². The van der Waals surface area contributed by atoms with Crippen LogP contribution in [0, 0.1) is 0 Å². The summed E-state index contributed by atoms with van der Waals surface area (Å²) in [7, 11) is 0. The molecular weight excluding hydrogens is 306 g/mol. The number of aromatic nitrogens is 2. The number of carboxylic acid groups (broad SMARTS) is 1. The Labute approximate surface area is 139 Å². The number of carbonyl (C=O) groups is 2. The molecule has 0 radical (unpaired) electrons. The van der Waals surface area contributed by atoms with Crippen LogP contribution >= 0.6 is 0 Å². The molecule has 0 saturated heterocycles. The number of carboxylic acids is 1. The zero-order valence-corrected chi connectivity index (χ0v) is 13.3. The van der Waals surface area contributed by atoms with Crippen LogP contribution in [0.15, 0.2) is 36.5 Å². The number of benzene rings is 1. The predicted octanol–water partition coefficient (Wildman–Crippen LogP) is 2.83. The molecule has 1 unspecified atom stereocenters. The van der Waals surface area contributed by atoms with E-state index < -0.39 is 11.9 Å². The maximum atomic E-state index is 13.1. The summed E-state index contributed by atoms with van der Waals surface area (Å²) < 4.78 is 1.83. The Bertz CT molecular complexity index is 792. The van der Waals surface area contributed by atoms with Crippen LogP contribution in [0.4, 0.5) is 5.69 Å². The molecule has 1 atom stereocenters. The number of aliphatic carboxylic acids is 1. The molecule has 1 aliphatic carbocycles. The quantitative estimate of drug-likeness (QED) is 0.941. The standard InChI is InChI=1S/C18H19N3O3/c22-17(16-9-10-19-21(16)12-5-1-2-6-12)20-11-14(18(23)24)13-7-3-4-8-15(13)20/h3-4,7-10,12,14H,1-2,5-6,11H2,(H,23,24). The van der Waals surface area contributed by atoms with Crippen LogP contribution < -0.4 is 4.90 Å². The topological polar surface area (TPSA) is 75.4 Å². The van der Waals surface area contributed by atoms with Gasteiger partial charge in [0.2, 0.25) is 0 Å². The third-order valence-electron chi connectivity index (χ3n) is 5.07. The van der Waals surface area contributed by atoms with Crippen LogP contribution in [0.5, 0.6) is 0 Å². The Balaban J connectivity index is 1.69. The van der Waals surface area contributed by atoms with Crippen LogP contribution in [0.25, 0.3) is 0 Å². The molecule has 1 saturated carbocycles. The number of para-hydroxylation sites is 1. The summed E-state index contributed by atoms with van der Waals surface area (Å²) in [5.41, 5.74) is 1.93. The first-order valence-corrected chi connectivity index (χ1v) is 8.34. The summed E-state index contributed by atoms with van der Waals surface area (Å²) in [5, 5.41) is 13.8. The number of nitrogens with zero attached hydrogens (tertiary/aromatic N) is 3. The minimum Gasteiger partial charge on any atom is -0.481 e. The minimum absolute atomic E-state index is 0.170. The molecule has 2 aliphatic rings. The van der Waals surface area contributed by atoms with Crippen LogP contribution in [-0.4, -0.2) is 33.3 Å². The van der Waals surface area contributed by atoms with Gasteiger partial charge in [0.05, 0.1) is 6.04 Å². The van der Waals surface area contributed by atoms with Crippen LogP contribution in [0.2, 0.25) is 0 Å². The number of rotatable bonds is 3. The monoisotopic (exact) mass is 325 g/mol. The van der Waals surface area contributed by atoms with E-state index in [0.717, 1.165) is 25.7 Å². The van der Waals surface area contributed by atoms with Gasteiger partial charge in [-0.25, -0.2) is 0 Å². The molecular formula is C18H19N3O3. The zero-order chi connectivity index (χ0) is 16.7. The molecule has 1 aromatic heterocycles. The Morgan fingerprint density at radius 3 is 2.62 bits per heavy atom. The maximum absolute atomic E-state index is 13.1. The first-order chi connectivity index (χ1) is 11.7. The number of hydrogen-bond acceptors (Lipinski definition) is 3. The molecule has 6 nitrogen and oxygen atoms in total. The van der Waals surface area contributed by atoms with E-state index in [1.165, 1.54) is 0 Å². The van der Waals surface area contributed by atoms with Crippen molar-refractivity contribution in [2.24, 2.45) is 0 Å². The second-order valence-electron chi connectivity index (χ2n) is 6.46. The van der Waals surface area contributed by atoms with Gasteiger partial charge >= 0.3 is 5.97 Å². The zero-order valence-electron chi connectivity index (χ0n) is 13.3. The number of amides is 1. The fraction of sp³-hybridized carbons (Fsp3) is 0.389. The van der Waals surface area contributed by atoms with Gasteiger partial charge in [0, 0.05) is 18.4 Å². The minimum atomic E-state index is -0.901.